The summed E-state index contributed by atoms with van der Waals surface area (Å²) in [6.07, 6.45) is 19.7. The molecule has 2 saturated heterocycles. The van der Waals surface area contributed by atoms with Crippen LogP contribution in [0.1, 0.15) is 293 Å². The Balaban J connectivity index is 0. The second-order valence-corrected chi connectivity index (χ2v) is 36.8. The van der Waals surface area contributed by atoms with E-state index in [-0.39, 0.29) is 49.1 Å². The van der Waals surface area contributed by atoms with E-state index in [1.807, 2.05) is 121 Å². The highest BCUT2D eigenvalue weighted by atomic mass is 35.5. The predicted molar refractivity (Wildman–Crippen MR) is 508 cm³/mol. The number of likely N-dealkylation sites (tertiary alicyclic amines) is 1. The highest BCUT2D eigenvalue weighted by molar-refractivity contribution is 6.30. The zero-order valence-electron chi connectivity index (χ0n) is 77.7. The fraction of sp³-hybridized carbons (Fsp3) is 0.650. The van der Waals surface area contributed by atoms with Crippen LogP contribution in [0.2, 0.25) is 5.02 Å². The molecule has 16 heteroatoms. The summed E-state index contributed by atoms with van der Waals surface area (Å²) in [6.45, 7) is 82.9. The van der Waals surface area contributed by atoms with Crippen LogP contribution in [-0.2, 0) is 25.5 Å². The number of nitrogens with one attached hydrogen (secondary N) is 10. The molecule has 0 spiro atoms. The van der Waals surface area contributed by atoms with Crippen molar-refractivity contribution in [1.29, 1.82) is 0 Å². The van der Waals surface area contributed by atoms with Crippen LogP contribution in [0.4, 0.5) is 0 Å². The van der Waals surface area contributed by atoms with Gasteiger partial charge in [0.15, 0.2) is 0 Å². The van der Waals surface area contributed by atoms with Crippen molar-refractivity contribution in [2.45, 2.75) is 343 Å². The normalized spacial score (nSPS) is 17.9. The number of carbonyl (C=O) groups excluding carboxylic acids is 3. The number of piperidine rings is 2. The Morgan fingerprint density at radius 1 is 0.440 bits per heavy atom. The van der Waals surface area contributed by atoms with Crippen molar-refractivity contribution in [2.75, 3.05) is 33.2 Å². The third kappa shape index (κ3) is 57.2. The van der Waals surface area contributed by atoms with Gasteiger partial charge in [-0.3, -0.25) is 14.4 Å². The quantitative estimate of drug-likeness (QED) is 0.0326. The Morgan fingerprint density at radius 2 is 0.810 bits per heavy atom. The van der Waals surface area contributed by atoms with E-state index < -0.39 is 5.60 Å². The summed E-state index contributed by atoms with van der Waals surface area (Å²) < 4.78 is 5.42. The molecule has 2 amide bonds. The number of allylic oxidation sites excluding steroid dienone is 4. The number of hydrogen-bond acceptors (Lipinski definition) is 13. The van der Waals surface area contributed by atoms with Gasteiger partial charge in [-0.15, -0.1) is 0 Å². The number of halogens is 1. The van der Waals surface area contributed by atoms with Gasteiger partial charge in [0.25, 0.3) is 0 Å². The SMILES string of the molecule is C.C=C(NC(C)C)C(C)C.C=C(NC(C)C)C1CCC(C)CC1.C=C(NC(C)C)C1CCCC1.C=C(NC(C)C)C1CCCNC1.C=C(NC(C)C)C1CCN(C)CC1.C=C(NC(C)C)c1ccc(Cl)cc1.C=C(NC(C)C)c1ccccc1.CC(C)NC(=O)C1CCCC(C(=O)OC(C)(C)C)C1.CC(C)NC(=O)Cc1ccccc1. The van der Waals surface area contributed by atoms with E-state index in [9.17, 15) is 14.4 Å². The summed E-state index contributed by atoms with van der Waals surface area (Å²) >= 11 is 5.77. The van der Waals surface area contributed by atoms with Gasteiger partial charge in [0.05, 0.1) is 12.3 Å². The summed E-state index contributed by atoms with van der Waals surface area (Å²) in [5, 5.41) is 33.3. The van der Waals surface area contributed by atoms with Gasteiger partial charge in [0.2, 0.25) is 11.8 Å². The van der Waals surface area contributed by atoms with Crippen molar-refractivity contribution in [2.24, 2.45) is 47.3 Å². The molecule has 5 aliphatic rings. The van der Waals surface area contributed by atoms with Crippen molar-refractivity contribution in [3.63, 3.8) is 0 Å². The Kier molecular flexibility index (Phi) is 59.6. The highest BCUT2D eigenvalue weighted by Crippen LogP contribution is 2.33. The van der Waals surface area contributed by atoms with Crippen molar-refractivity contribution in [3.05, 3.63) is 181 Å². The molecule has 5 fully saturated rings. The zero-order chi connectivity index (χ0) is 87.5. The fourth-order valence-corrected chi connectivity index (χ4v) is 13.7. The van der Waals surface area contributed by atoms with Gasteiger partial charge in [-0.05, 0) is 295 Å². The molecule has 116 heavy (non-hydrogen) atoms. The minimum absolute atomic E-state index is 0. The lowest BCUT2D eigenvalue weighted by molar-refractivity contribution is -0.162. The topological polar surface area (TPSA) is 184 Å². The first-order valence-electron chi connectivity index (χ1n) is 44.0. The van der Waals surface area contributed by atoms with Gasteiger partial charge in [0.1, 0.15) is 5.60 Å². The summed E-state index contributed by atoms with van der Waals surface area (Å²) in [5.41, 5.74) is 10.9. The highest BCUT2D eigenvalue weighted by Gasteiger charge is 2.34. The molecule has 10 N–H and O–H groups in total. The number of nitrogens with zero attached hydrogens (tertiary/aromatic N) is 1. The first-order valence-corrected chi connectivity index (χ1v) is 44.4. The standard InChI is InChI=1S/C15H27NO3.C12H23N.C11H14ClN.C11H22N2.C11H15NO.C11H15N.C10H20N2.C10H19N.C8H17N.CH4/c1-10(2)16-13(17)11-7-6-8-12(9-11)14(18)19-15(3,4)5;1-9(2)13-11(4)12-7-5-10(3)6-8-12;1-8(2)13-9(3)10-4-6-11(12)7-5-10;1-9(2)12-10(3)11-5-7-13(4)8-6-11;1-9(2)12-11(13)8-10-6-4-3-5-7-10;1-9(2)12-10(3)11-7-5-4-6-8-11;1-8(2)12-9(3)10-5-4-6-11-7-10;1-8(2)11-9(3)10-6-4-5-7-10;1-6(2)8(5)9-7(3)4;/h10-12H,6-9H2,1-5H3,(H,16,17);9-10,12-13H,4-8H2,1-3H3;4-8,13H,3H2,1-2H3;9,11-12H,3,5-8H2,1-2,4H3;3-7,9H,8H2,1-2H3,(H,12,13);4-9,12H,3H2,1-2H3;8,10-12H,3-7H2,1-2H3;8,10-11H,3-7H2,1-2H3;6-7,9H,5H2,1-4H3;1H4. The number of benzene rings is 3. The number of amides is 2. The van der Waals surface area contributed by atoms with Crippen molar-refractivity contribution in [3.8, 4) is 0 Å². The lowest BCUT2D eigenvalue weighted by Gasteiger charge is -2.31. The Labute approximate surface area is 718 Å². The lowest BCUT2D eigenvalue weighted by Crippen LogP contribution is -2.39. The van der Waals surface area contributed by atoms with E-state index >= 15 is 0 Å². The number of carbonyl (C=O) groups is 3. The average Bonchev–Trinajstić information content (AvgIpc) is 0.930. The summed E-state index contributed by atoms with van der Waals surface area (Å²) in [7, 11) is 2.19. The van der Waals surface area contributed by atoms with Crippen LogP contribution in [0.3, 0.4) is 0 Å². The molecule has 3 aliphatic carbocycles. The van der Waals surface area contributed by atoms with Crippen LogP contribution >= 0.6 is 11.6 Å². The number of esters is 1. The largest absolute Gasteiger partial charge is 0.460 e. The molecule has 3 aromatic rings. The van der Waals surface area contributed by atoms with Gasteiger partial charge < -0.3 is 62.8 Å². The third-order valence-electron chi connectivity index (χ3n) is 19.5. The van der Waals surface area contributed by atoms with Crippen molar-refractivity contribution < 1.29 is 19.1 Å². The summed E-state index contributed by atoms with van der Waals surface area (Å²) in [6, 6.07) is 31.4. The smallest absolute Gasteiger partial charge is 0.309 e. The van der Waals surface area contributed by atoms with Crippen LogP contribution < -0.4 is 53.2 Å². The number of rotatable bonds is 27. The molecule has 2 heterocycles. The molecule has 3 aromatic carbocycles. The maximum Gasteiger partial charge on any atom is 0.309 e. The van der Waals surface area contributed by atoms with Crippen LogP contribution in [0.25, 0.3) is 11.4 Å². The first kappa shape index (κ1) is 111. The minimum atomic E-state index is -0.454. The number of hydrogen-bond donors (Lipinski definition) is 10. The van der Waals surface area contributed by atoms with Crippen LogP contribution in [0.5, 0.6) is 0 Å². The molecule has 0 bridgehead atoms. The Morgan fingerprint density at radius 3 is 1.20 bits per heavy atom. The van der Waals surface area contributed by atoms with Gasteiger partial charge in [-0.25, -0.2) is 0 Å². The first-order chi connectivity index (χ1) is 53.8. The Hall–Kier alpha value is -6.94. The molecular weight excluding hydrogens is 1450 g/mol. The molecule has 3 saturated carbocycles. The maximum atomic E-state index is 12.1. The second-order valence-electron chi connectivity index (χ2n) is 36.4. The van der Waals surface area contributed by atoms with Crippen LogP contribution in [0.15, 0.2) is 159 Å². The van der Waals surface area contributed by atoms with E-state index in [1.165, 1.54) is 119 Å². The van der Waals surface area contributed by atoms with E-state index in [0.29, 0.717) is 72.9 Å². The molecule has 0 radical (unpaired) electrons. The van der Waals surface area contributed by atoms with Crippen molar-refractivity contribution >= 4 is 40.8 Å². The lowest BCUT2D eigenvalue weighted by atomic mass is 9.81. The predicted octanol–water partition coefficient (Wildman–Crippen LogP) is 22.5. The summed E-state index contributed by atoms with van der Waals surface area (Å²) in [5.74, 6) is 4.13. The van der Waals surface area contributed by atoms with E-state index in [1.54, 1.807) is 0 Å². The molecule has 3 unspecified atom stereocenters. The van der Waals surface area contributed by atoms with Gasteiger partial charge >= 0.3 is 5.97 Å². The number of ether oxygens (including phenoxy) is 1. The molecule has 8 rings (SSSR count). The maximum absolute atomic E-state index is 12.1. The van der Waals surface area contributed by atoms with Gasteiger partial charge in [-0.2, -0.15) is 0 Å². The molecule has 2 aliphatic heterocycles. The second kappa shape index (κ2) is 62.2. The van der Waals surface area contributed by atoms with E-state index in [4.69, 9.17) is 16.3 Å². The minimum Gasteiger partial charge on any atom is -0.460 e. The van der Waals surface area contributed by atoms with E-state index in [2.05, 4.69) is 241 Å². The Bertz CT molecular complexity index is 3120. The molecule has 0 aromatic heterocycles. The summed E-state index contributed by atoms with van der Waals surface area (Å²) in [4.78, 5) is 37.7. The third-order valence-corrected chi connectivity index (χ3v) is 19.8. The molecular formula is C100H176ClN11O4. The zero-order valence-corrected chi connectivity index (χ0v) is 78.4. The average molecular weight is 1630 g/mol. The van der Waals surface area contributed by atoms with Gasteiger partial charge in [-0.1, -0.05) is 191 Å². The molecule has 15 nitrogen and oxygen atoms in total. The van der Waals surface area contributed by atoms with Gasteiger partial charge in [0, 0.05) is 124 Å². The molecule has 662 valence electrons. The van der Waals surface area contributed by atoms with Crippen LogP contribution in [0, 0.1) is 47.3 Å². The van der Waals surface area contributed by atoms with Crippen LogP contribution in [-0.4, -0.2) is 116 Å². The molecule has 3 atom stereocenters. The monoisotopic (exact) mass is 1630 g/mol. The van der Waals surface area contributed by atoms with E-state index in [0.717, 1.165) is 82.4 Å². The fourth-order valence-electron chi connectivity index (χ4n) is 13.6. The van der Waals surface area contributed by atoms with Crippen molar-refractivity contribution in [1.82, 2.24) is 58.1 Å².